The standard InChI is InChI=1S/C7H15NO5S/c1-3-13-7(9)6-8-14(10,11)5-4-12-2/h8H,3-6H2,1-2H3. The minimum Gasteiger partial charge on any atom is -0.465 e. The number of esters is 1. The Labute approximate surface area is 83.6 Å². The molecule has 0 aromatic carbocycles. The molecule has 6 nitrogen and oxygen atoms in total. The maximum atomic E-state index is 11.1. The van der Waals surface area contributed by atoms with Crippen molar-refractivity contribution in [2.24, 2.45) is 0 Å². The summed E-state index contributed by atoms with van der Waals surface area (Å²) >= 11 is 0. The smallest absolute Gasteiger partial charge is 0.320 e. The van der Waals surface area contributed by atoms with Crippen molar-refractivity contribution in [3.63, 3.8) is 0 Å². The van der Waals surface area contributed by atoms with Gasteiger partial charge < -0.3 is 9.47 Å². The van der Waals surface area contributed by atoms with Crippen molar-refractivity contribution in [3.8, 4) is 0 Å². The molecule has 84 valence electrons. The average Bonchev–Trinajstić information content (AvgIpc) is 2.13. The fourth-order valence-electron chi connectivity index (χ4n) is 0.646. The highest BCUT2D eigenvalue weighted by Crippen LogP contribution is 1.85. The van der Waals surface area contributed by atoms with Crippen molar-refractivity contribution in [3.05, 3.63) is 0 Å². The molecule has 0 unspecified atom stereocenters. The van der Waals surface area contributed by atoms with Crippen molar-refractivity contribution in [1.82, 2.24) is 4.72 Å². The minimum atomic E-state index is -3.43. The Morgan fingerprint density at radius 3 is 2.57 bits per heavy atom. The summed E-state index contributed by atoms with van der Waals surface area (Å²) in [6, 6.07) is 0. The summed E-state index contributed by atoms with van der Waals surface area (Å²) in [4.78, 5) is 10.8. The van der Waals surface area contributed by atoms with Crippen molar-refractivity contribution in [1.29, 1.82) is 0 Å². The third-order valence-corrected chi connectivity index (χ3v) is 2.59. The van der Waals surface area contributed by atoms with Gasteiger partial charge in [-0.3, -0.25) is 4.79 Å². The lowest BCUT2D eigenvalue weighted by Gasteiger charge is -2.05. The fraction of sp³-hybridized carbons (Fsp3) is 0.857. The van der Waals surface area contributed by atoms with Crippen molar-refractivity contribution >= 4 is 16.0 Å². The average molecular weight is 225 g/mol. The number of carbonyl (C=O) groups excluding carboxylic acids is 1. The Kier molecular flexibility index (Phi) is 6.43. The van der Waals surface area contributed by atoms with E-state index in [0.717, 1.165) is 0 Å². The van der Waals surface area contributed by atoms with E-state index in [4.69, 9.17) is 0 Å². The molecule has 7 heteroatoms. The van der Waals surface area contributed by atoms with Gasteiger partial charge in [-0.25, -0.2) is 13.1 Å². The van der Waals surface area contributed by atoms with E-state index in [1.807, 2.05) is 0 Å². The fourth-order valence-corrected chi connectivity index (χ4v) is 1.51. The van der Waals surface area contributed by atoms with E-state index in [0.29, 0.717) is 0 Å². The van der Waals surface area contributed by atoms with E-state index in [9.17, 15) is 13.2 Å². The van der Waals surface area contributed by atoms with Gasteiger partial charge in [0.05, 0.1) is 19.0 Å². The molecule has 0 rings (SSSR count). The summed E-state index contributed by atoms with van der Waals surface area (Å²) in [6.45, 7) is 1.65. The maximum absolute atomic E-state index is 11.1. The van der Waals surface area contributed by atoms with Crippen molar-refractivity contribution in [2.75, 3.05) is 32.6 Å². The lowest BCUT2D eigenvalue weighted by molar-refractivity contribution is -0.141. The zero-order chi connectivity index (χ0) is 11.0. The number of nitrogens with one attached hydrogen (secondary N) is 1. The molecule has 0 bridgehead atoms. The van der Waals surface area contributed by atoms with Crippen LogP contribution in [0.3, 0.4) is 0 Å². The van der Waals surface area contributed by atoms with E-state index in [1.54, 1.807) is 6.92 Å². The Morgan fingerprint density at radius 1 is 1.43 bits per heavy atom. The van der Waals surface area contributed by atoms with Crippen LogP contribution in [0.25, 0.3) is 0 Å². The molecular weight excluding hydrogens is 210 g/mol. The van der Waals surface area contributed by atoms with Crippen LogP contribution in [0.15, 0.2) is 0 Å². The van der Waals surface area contributed by atoms with Crippen LogP contribution < -0.4 is 4.72 Å². The molecule has 14 heavy (non-hydrogen) atoms. The predicted octanol–water partition coefficient (Wildman–Crippen LogP) is -0.885. The minimum absolute atomic E-state index is 0.0954. The Hall–Kier alpha value is -0.660. The van der Waals surface area contributed by atoms with Gasteiger partial charge in [-0.1, -0.05) is 0 Å². The zero-order valence-corrected chi connectivity index (χ0v) is 9.09. The van der Waals surface area contributed by atoms with Gasteiger partial charge in [-0.2, -0.15) is 0 Å². The molecule has 0 heterocycles. The van der Waals surface area contributed by atoms with E-state index in [1.165, 1.54) is 7.11 Å². The summed E-state index contributed by atoms with van der Waals surface area (Å²) < 4.78 is 33.4. The number of hydrogen-bond acceptors (Lipinski definition) is 5. The summed E-state index contributed by atoms with van der Waals surface area (Å²) in [6.07, 6.45) is 0. The van der Waals surface area contributed by atoms with Crippen LogP contribution in [0.4, 0.5) is 0 Å². The SMILES string of the molecule is CCOC(=O)CNS(=O)(=O)CCOC. The van der Waals surface area contributed by atoms with E-state index < -0.39 is 16.0 Å². The first-order chi connectivity index (χ1) is 6.52. The van der Waals surface area contributed by atoms with Crippen LogP contribution >= 0.6 is 0 Å². The number of rotatable bonds is 7. The molecule has 0 atom stereocenters. The first-order valence-corrected chi connectivity index (χ1v) is 5.79. The molecule has 0 aliphatic heterocycles. The van der Waals surface area contributed by atoms with E-state index in [2.05, 4.69) is 14.2 Å². The molecule has 0 aliphatic carbocycles. The molecule has 0 radical (unpaired) electrons. The number of methoxy groups -OCH3 is 1. The first kappa shape index (κ1) is 13.3. The Balaban J connectivity index is 3.81. The molecular formula is C7H15NO5S. The highest BCUT2D eigenvalue weighted by Gasteiger charge is 2.11. The van der Waals surface area contributed by atoms with Gasteiger partial charge in [0.15, 0.2) is 0 Å². The molecule has 1 N–H and O–H groups in total. The zero-order valence-electron chi connectivity index (χ0n) is 8.28. The number of ether oxygens (including phenoxy) is 2. The lowest BCUT2D eigenvalue weighted by atomic mass is 10.7. The number of carbonyl (C=O) groups is 1. The van der Waals surface area contributed by atoms with E-state index in [-0.39, 0.29) is 25.5 Å². The summed E-state index contributed by atoms with van der Waals surface area (Å²) in [7, 11) is -2.03. The van der Waals surface area contributed by atoms with Crippen LogP contribution in [0.5, 0.6) is 0 Å². The van der Waals surface area contributed by atoms with E-state index >= 15 is 0 Å². The lowest BCUT2D eigenvalue weighted by Crippen LogP contribution is -2.33. The molecule has 0 aromatic rings. The van der Waals surface area contributed by atoms with Gasteiger partial charge in [-0.15, -0.1) is 0 Å². The number of sulfonamides is 1. The highest BCUT2D eigenvalue weighted by atomic mass is 32.2. The van der Waals surface area contributed by atoms with Gasteiger partial charge in [0, 0.05) is 7.11 Å². The Bertz CT molecular complexity index is 261. The van der Waals surface area contributed by atoms with Crippen molar-refractivity contribution in [2.45, 2.75) is 6.92 Å². The molecule has 0 amide bonds. The second-order valence-corrected chi connectivity index (χ2v) is 4.36. The van der Waals surface area contributed by atoms with Crippen LogP contribution in [-0.2, 0) is 24.3 Å². The summed E-state index contributed by atoms with van der Waals surface area (Å²) in [5, 5.41) is 0. The number of hydrogen-bond donors (Lipinski definition) is 1. The van der Waals surface area contributed by atoms with Crippen LogP contribution in [0, 0.1) is 0 Å². The van der Waals surface area contributed by atoms with Crippen LogP contribution in [-0.4, -0.2) is 47.0 Å². The van der Waals surface area contributed by atoms with Gasteiger partial charge in [0.25, 0.3) is 0 Å². The first-order valence-electron chi connectivity index (χ1n) is 4.13. The summed E-state index contributed by atoms with van der Waals surface area (Å²) in [5.41, 5.74) is 0. The maximum Gasteiger partial charge on any atom is 0.320 e. The molecule has 0 saturated heterocycles. The topological polar surface area (TPSA) is 81.7 Å². The second-order valence-electron chi connectivity index (χ2n) is 2.44. The van der Waals surface area contributed by atoms with Gasteiger partial charge in [0.2, 0.25) is 10.0 Å². The monoisotopic (exact) mass is 225 g/mol. The van der Waals surface area contributed by atoms with Crippen LogP contribution in [0.2, 0.25) is 0 Å². The predicted molar refractivity (Wildman–Crippen MR) is 50.3 cm³/mol. The van der Waals surface area contributed by atoms with Gasteiger partial charge in [-0.05, 0) is 6.92 Å². The second kappa shape index (κ2) is 6.74. The third-order valence-electron chi connectivity index (χ3n) is 1.30. The van der Waals surface area contributed by atoms with Crippen LogP contribution in [0.1, 0.15) is 6.92 Å². The van der Waals surface area contributed by atoms with Crippen molar-refractivity contribution < 1.29 is 22.7 Å². The third kappa shape index (κ3) is 6.81. The normalized spacial score (nSPS) is 11.3. The quantitative estimate of drug-likeness (QED) is 0.569. The van der Waals surface area contributed by atoms with Gasteiger partial charge >= 0.3 is 5.97 Å². The highest BCUT2D eigenvalue weighted by molar-refractivity contribution is 7.89. The molecule has 0 saturated carbocycles. The molecule has 0 fully saturated rings. The Morgan fingerprint density at radius 2 is 2.07 bits per heavy atom. The largest absolute Gasteiger partial charge is 0.465 e. The summed E-state index contributed by atoms with van der Waals surface area (Å²) in [5.74, 6) is -0.753. The molecule has 0 aromatic heterocycles. The molecule has 0 aliphatic rings. The van der Waals surface area contributed by atoms with Gasteiger partial charge in [0.1, 0.15) is 6.54 Å². The molecule has 0 spiro atoms.